The zero-order valence-electron chi connectivity index (χ0n) is 13.4. The maximum Gasteiger partial charge on any atom is 0.246 e. The molecule has 1 fully saturated rings. The van der Waals surface area contributed by atoms with E-state index in [4.69, 9.17) is 4.74 Å². The summed E-state index contributed by atoms with van der Waals surface area (Å²) in [5, 5.41) is 2.97. The van der Waals surface area contributed by atoms with Gasteiger partial charge in [0.15, 0.2) is 0 Å². The lowest BCUT2D eigenvalue weighted by atomic mass is 9.97. The quantitative estimate of drug-likeness (QED) is 0.575. The van der Waals surface area contributed by atoms with Crippen molar-refractivity contribution in [2.75, 3.05) is 6.61 Å². The van der Waals surface area contributed by atoms with Gasteiger partial charge in [-0.2, -0.15) is 0 Å². The highest BCUT2D eigenvalue weighted by molar-refractivity contribution is 14.1. The van der Waals surface area contributed by atoms with Gasteiger partial charge in [-0.3, -0.25) is 4.79 Å². The number of benzene rings is 2. The molecular formula is C20H20INO2. The molecule has 124 valence electrons. The number of nitrogens with one attached hydrogen (secondary N) is 1. The van der Waals surface area contributed by atoms with E-state index < -0.39 is 0 Å². The predicted molar refractivity (Wildman–Crippen MR) is 104 cm³/mol. The lowest BCUT2D eigenvalue weighted by Crippen LogP contribution is -2.38. The van der Waals surface area contributed by atoms with Crippen LogP contribution < -0.4 is 5.32 Å². The van der Waals surface area contributed by atoms with Crippen LogP contribution in [0.15, 0.2) is 60.7 Å². The van der Waals surface area contributed by atoms with Crippen LogP contribution in [0.1, 0.15) is 30.4 Å². The van der Waals surface area contributed by atoms with Crippen LogP contribution in [0.3, 0.4) is 0 Å². The number of hydrogen-bond acceptors (Lipinski definition) is 2. The van der Waals surface area contributed by atoms with Gasteiger partial charge in [0, 0.05) is 16.3 Å². The van der Waals surface area contributed by atoms with Crippen molar-refractivity contribution in [1.29, 1.82) is 0 Å². The second kappa shape index (κ2) is 8.44. The van der Waals surface area contributed by atoms with Crippen molar-refractivity contribution < 1.29 is 9.53 Å². The van der Waals surface area contributed by atoms with Gasteiger partial charge in [-0.1, -0.05) is 48.5 Å². The molecule has 1 heterocycles. The molecule has 3 rings (SSSR count). The van der Waals surface area contributed by atoms with E-state index in [0.717, 1.165) is 46.1 Å². The zero-order valence-corrected chi connectivity index (χ0v) is 15.5. The molecule has 1 N–H and O–H groups in total. The smallest absolute Gasteiger partial charge is 0.246 e. The average Bonchev–Trinajstić information content (AvgIpc) is 2.62. The van der Waals surface area contributed by atoms with E-state index in [9.17, 15) is 4.79 Å². The van der Waals surface area contributed by atoms with Crippen LogP contribution in [0.2, 0.25) is 0 Å². The standard InChI is InChI=1S/C20H20INO2/c21-18-11-5-4-10-16(18)17(15-8-2-1-3-9-15)14-19(23)22-20-12-6-7-13-24-20/h1-5,8-11,14,20H,6-7,12-13H2,(H,22,23)/b17-14-. The maximum atomic E-state index is 12.5. The minimum Gasteiger partial charge on any atom is -0.359 e. The SMILES string of the molecule is O=C(/C=C(/c1ccccc1)c1ccccc1I)NC1CCCCO1. The molecule has 1 amide bonds. The molecule has 1 unspecified atom stereocenters. The first-order valence-corrected chi connectivity index (χ1v) is 9.26. The minimum absolute atomic E-state index is 0.111. The molecule has 0 aliphatic carbocycles. The highest BCUT2D eigenvalue weighted by Gasteiger charge is 2.16. The molecule has 1 aliphatic rings. The Bertz CT molecular complexity index is 721. The highest BCUT2D eigenvalue weighted by atomic mass is 127. The Morgan fingerprint density at radius 1 is 1.08 bits per heavy atom. The summed E-state index contributed by atoms with van der Waals surface area (Å²) >= 11 is 2.31. The Morgan fingerprint density at radius 3 is 2.54 bits per heavy atom. The van der Waals surface area contributed by atoms with Crippen LogP contribution in [0.25, 0.3) is 5.57 Å². The third-order valence-corrected chi connectivity index (χ3v) is 4.95. The van der Waals surface area contributed by atoms with E-state index in [-0.39, 0.29) is 12.1 Å². The van der Waals surface area contributed by atoms with Crippen molar-refractivity contribution >= 4 is 34.1 Å². The molecule has 0 saturated carbocycles. The van der Waals surface area contributed by atoms with Gasteiger partial charge in [-0.05, 0) is 64.6 Å². The van der Waals surface area contributed by atoms with Crippen molar-refractivity contribution in [3.05, 3.63) is 75.4 Å². The van der Waals surface area contributed by atoms with Crippen molar-refractivity contribution in [2.24, 2.45) is 0 Å². The van der Waals surface area contributed by atoms with Gasteiger partial charge in [-0.15, -0.1) is 0 Å². The van der Waals surface area contributed by atoms with Crippen LogP contribution in [0, 0.1) is 3.57 Å². The largest absolute Gasteiger partial charge is 0.359 e. The van der Waals surface area contributed by atoms with Crippen molar-refractivity contribution in [3.8, 4) is 0 Å². The first-order chi connectivity index (χ1) is 11.7. The molecule has 1 atom stereocenters. The monoisotopic (exact) mass is 433 g/mol. The summed E-state index contributed by atoms with van der Waals surface area (Å²) in [4.78, 5) is 12.5. The summed E-state index contributed by atoms with van der Waals surface area (Å²) < 4.78 is 6.72. The van der Waals surface area contributed by atoms with E-state index in [1.807, 2.05) is 48.5 Å². The second-order valence-corrected chi connectivity index (χ2v) is 6.93. The van der Waals surface area contributed by atoms with E-state index in [2.05, 4.69) is 34.0 Å². The average molecular weight is 433 g/mol. The molecule has 3 nitrogen and oxygen atoms in total. The Morgan fingerprint density at radius 2 is 1.83 bits per heavy atom. The molecule has 0 aromatic heterocycles. The number of rotatable bonds is 4. The number of ether oxygens (including phenoxy) is 1. The molecule has 2 aromatic carbocycles. The summed E-state index contributed by atoms with van der Waals surface area (Å²) in [6.07, 6.45) is 4.55. The van der Waals surface area contributed by atoms with Crippen LogP contribution in [-0.2, 0) is 9.53 Å². The van der Waals surface area contributed by atoms with Crippen molar-refractivity contribution in [3.63, 3.8) is 0 Å². The van der Waals surface area contributed by atoms with Gasteiger partial charge in [0.05, 0.1) is 0 Å². The number of hydrogen-bond donors (Lipinski definition) is 1. The number of amides is 1. The summed E-state index contributed by atoms with van der Waals surface area (Å²) in [6.45, 7) is 0.719. The normalized spacial score (nSPS) is 18.2. The van der Waals surface area contributed by atoms with Gasteiger partial charge < -0.3 is 10.1 Å². The van der Waals surface area contributed by atoms with E-state index in [0.29, 0.717) is 0 Å². The van der Waals surface area contributed by atoms with Crippen LogP contribution in [0.5, 0.6) is 0 Å². The molecular weight excluding hydrogens is 413 g/mol. The van der Waals surface area contributed by atoms with Gasteiger partial charge >= 0.3 is 0 Å². The highest BCUT2D eigenvalue weighted by Crippen LogP contribution is 2.27. The summed E-state index contributed by atoms with van der Waals surface area (Å²) in [5.74, 6) is -0.111. The lowest BCUT2D eigenvalue weighted by molar-refractivity contribution is -0.122. The molecule has 1 aliphatic heterocycles. The number of carbonyl (C=O) groups is 1. The molecule has 0 bridgehead atoms. The molecule has 0 radical (unpaired) electrons. The molecule has 4 heteroatoms. The van der Waals surface area contributed by atoms with Crippen LogP contribution >= 0.6 is 22.6 Å². The Balaban J connectivity index is 1.89. The first kappa shape index (κ1) is 17.2. The third kappa shape index (κ3) is 4.45. The molecule has 24 heavy (non-hydrogen) atoms. The maximum absolute atomic E-state index is 12.5. The van der Waals surface area contributed by atoms with Gasteiger partial charge in [0.2, 0.25) is 5.91 Å². The van der Waals surface area contributed by atoms with Gasteiger partial charge in [0.1, 0.15) is 6.23 Å². The fourth-order valence-electron chi connectivity index (χ4n) is 2.80. The van der Waals surface area contributed by atoms with Crippen LogP contribution in [-0.4, -0.2) is 18.7 Å². The molecule has 2 aromatic rings. The van der Waals surface area contributed by atoms with Gasteiger partial charge in [0.25, 0.3) is 0 Å². The van der Waals surface area contributed by atoms with E-state index >= 15 is 0 Å². The Kier molecular flexibility index (Phi) is 6.04. The van der Waals surface area contributed by atoms with Gasteiger partial charge in [-0.25, -0.2) is 0 Å². The number of halogens is 1. The predicted octanol–water partition coefficient (Wildman–Crippen LogP) is 4.37. The second-order valence-electron chi connectivity index (χ2n) is 5.77. The lowest BCUT2D eigenvalue weighted by Gasteiger charge is -2.23. The Hall–Kier alpha value is -1.66. The zero-order chi connectivity index (χ0) is 16.8. The first-order valence-electron chi connectivity index (χ1n) is 8.18. The number of carbonyl (C=O) groups excluding carboxylic acids is 1. The minimum atomic E-state index is -0.172. The van der Waals surface area contributed by atoms with E-state index in [1.165, 1.54) is 0 Å². The molecule has 1 saturated heterocycles. The Labute approximate surface area is 156 Å². The topological polar surface area (TPSA) is 38.3 Å². The third-order valence-electron chi connectivity index (χ3n) is 4.01. The fraction of sp³-hybridized carbons (Fsp3) is 0.250. The summed E-state index contributed by atoms with van der Waals surface area (Å²) in [5.41, 5.74) is 3.01. The molecule has 0 spiro atoms. The van der Waals surface area contributed by atoms with Crippen molar-refractivity contribution in [1.82, 2.24) is 5.32 Å². The fourth-order valence-corrected chi connectivity index (χ4v) is 3.48. The summed E-state index contributed by atoms with van der Waals surface area (Å²) in [7, 11) is 0. The van der Waals surface area contributed by atoms with E-state index in [1.54, 1.807) is 6.08 Å². The summed E-state index contributed by atoms with van der Waals surface area (Å²) in [6, 6.07) is 18.1. The van der Waals surface area contributed by atoms with Crippen LogP contribution in [0.4, 0.5) is 0 Å². The van der Waals surface area contributed by atoms with Crippen molar-refractivity contribution in [2.45, 2.75) is 25.5 Å².